The smallest absolute Gasteiger partial charge is 0.416 e. The molecule has 1 heterocycles. The van der Waals surface area contributed by atoms with Gasteiger partial charge in [-0.2, -0.15) is 13.2 Å². The summed E-state index contributed by atoms with van der Waals surface area (Å²) in [6.07, 6.45) is -4.67. The number of rotatable bonds is 4. The fourth-order valence-electron chi connectivity index (χ4n) is 3.00. The molecule has 1 aliphatic heterocycles. The van der Waals surface area contributed by atoms with E-state index in [0.29, 0.717) is 31.8 Å². The Morgan fingerprint density at radius 1 is 1.19 bits per heavy atom. The van der Waals surface area contributed by atoms with E-state index >= 15 is 0 Å². The highest BCUT2D eigenvalue weighted by Gasteiger charge is 2.30. The average Bonchev–Trinajstić information content (AvgIpc) is 2.61. The molecule has 2 aromatic carbocycles. The van der Waals surface area contributed by atoms with Gasteiger partial charge < -0.3 is 9.84 Å². The molecule has 4 nitrogen and oxygen atoms in total. The molecular weight excluding hydrogens is 347 g/mol. The van der Waals surface area contributed by atoms with Gasteiger partial charge in [0.25, 0.3) is 0 Å². The molecule has 2 aromatic rings. The van der Waals surface area contributed by atoms with Crippen LogP contribution in [0.15, 0.2) is 48.5 Å². The summed E-state index contributed by atoms with van der Waals surface area (Å²) in [5.41, 5.74) is 1.12. The third kappa shape index (κ3) is 4.42. The van der Waals surface area contributed by atoms with Gasteiger partial charge in [-0.1, -0.05) is 24.3 Å². The molecule has 1 N–H and O–H groups in total. The van der Waals surface area contributed by atoms with E-state index in [4.69, 9.17) is 9.84 Å². The fraction of sp³-hybridized carbons (Fsp3) is 0.316. The van der Waals surface area contributed by atoms with Gasteiger partial charge in [0.1, 0.15) is 0 Å². The first kappa shape index (κ1) is 18.4. The van der Waals surface area contributed by atoms with Crippen LogP contribution in [0.2, 0.25) is 0 Å². The number of alkyl halides is 3. The summed E-state index contributed by atoms with van der Waals surface area (Å²) in [5, 5.41) is 9.07. The van der Waals surface area contributed by atoms with Crippen molar-refractivity contribution in [3.63, 3.8) is 0 Å². The van der Waals surface area contributed by atoms with Crippen LogP contribution in [0.3, 0.4) is 0 Å². The second-order valence-corrected chi connectivity index (χ2v) is 6.22. The minimum Gasteiger partial charge on any atom is -0.478 e. The van der Waals surface area contributed by atoms with Crippen molar-refractivity contribution in [2.24, 2.45) is 0 Å². The number of hydrogen-bond donors (Lipinski definition) is 1. The van der Waals surface area contributed by atoms with Crippen LogP contribution in [0.4, 0.5) is 13.2 Å². The highest BCUT2D eigenvalue weighted by molar-refractivity contribution is 5.87. The molecular formula is C19H18F3NO3. The maximum absolute atomic E-state index is 12.7. The summed E-state index contributed by atoms with van der Waals surface area (Å²) < 4.78 is 43.7. The number of carboxylic acids is 1. The van der Waals surface area contributed by atoms with E-state index in [-0.39, 0.29) is 11.7 Å². The summed E-state index contributed by atoms with van der Waals surface area (Å²) >= 11 is 0. The summed E-state index contributed by atoms with van der Waals surface area (Å²) in [6.45, 7) is 2.23. The zero-order valence-electron chi connectivity index (χ0n) is 13.9. The summed E-state index contributed by atoms with van der Waals surface area (Å²) in [5.74, 6) is -0.976. The van der Waals surface area contributed by atoms with Gasteiger partial charge in [-0.05, 0) is 35.4 Å². The Kier molecular flexibility index (Phi) is 5.29. The Morgan fingerprint density at radius 2 is 1.92 bits per heavy atom. The number of aromatic carboxylic acids is 1. The molecule has 0 radical (unpaired) electrons. The van der Waals surface area contributed by atoms with Crippen LogP contribution < -0.4 is 0 Å². The van der Waals surface area contributed by atoms with Crippen molar-refractivity contribution in [1.29, 1.82) is 0 Å². The molecule has 0 aromatic heterocycles. The molecule has 1 fully saturated rings. The summed E-state index contributed by atoms with van der Waals surface area (Å²) in [4.78, 5) is 13.2. The Morgan fingerprint density at radius 3 is 2.58 bits per heavy atom. The highest BCUT2D eigenvalue weighted by Crippen LogP contribution is 2.31. The van der Waals surface area contributed by atoms with E-state index in [1.54, 1.807) is 12.1 Å². The van der Waals surface area contributed by atoms with Gasteiger partial charge in [-0.25, -0.2) is 4.79 Å². The van der Waals surface area contributed by atoms with Gasteiger partial charge >= 0.3 is 12.1 Å². The standard InChI is InChI=1S/C19H18F3NO3/c20-19(21,22)16-6-4-14(5-7-16)17-12-23(8-9-26-17)11-13-2-1-3-15(10-13)18(24)25/h1-7,10,17H,8-9,11-12H2,(H,24,25). The molecule has 1 unspecified atom stereocenters. The van der Waals surface area contributed by atoms with Crippen molar-refractivity contribution < 1.29 is 27.8 Å². The number of carboxylic acid groups (broad SMARTS) is 1. The third-order valence-corrected chi connectivity index (χ3v) is 4.34. The largest absolute Gasteiger partial charge is 0.478 e. The van der Waals surface area contributed by atoms with E-state index in [1.165, 1.54) is 18.2 Å². The number of morpholine rings is 1. The minimum absolute atomic E-state index is 0.232. The highest BCUT2D eigenvalue weighted by atomic mass is 19.4. The number of hydrogen-bond acceptors (Lipinski definition) is 3. The van der Waals surface area contributed by atoms with Crippen molar-refractivity contribution in [3.05, 3.63) is 70.8 Å². The lowest BCUT2D eigenvalue weighted by Crippen LogP contribution is -2.37. The van der Waals surface area contributed by atoms with Crippen molar-refractivity contribution in [2.75, 3.05) is 19.7 Å². The monoisotopic (exact) mass is 365 g/mol. The zero-order valence-corrected chi connectivity index (χ0v) is 13.9. The second-order valence-electron chi connectivity index (χ2n) is 6.22. The van der Waals surface area contributed by atoms with Crippen molar-refractivity contribution in [1.82, 2.24) is 4.90 Å². The molecule has 7 heteroatoms. The lowest BCUT2D eigenvalue weighted by Gasteiger charge is -2.33. The van der Waals surface area contributed by atoms with Gasteiger partial charge in [0.2, 0.25) is 0 Å². The molecule has 0 bridgehead atoms. The molecule has 3 rings (SSSR count). The van der Waals surface area contributed by atoms with Gasteiger partial charge in [0.15, 0.2) is 0 Å². The van der Waals surface area contributed by atoms with Gasteiger partial charge in [-0.15, -0.1) is 0 Å². The predicted molar refractivity (Wildman–Crippen MR) is 88.8 cm³/mol. The predicted octanol–water partition coefficient (Wildman–Crippen LogP) is 3.98. The van der Waals surface area contributed by atoms with Crippen molar-refractivity contribution in [3.8, 4) is 0 Å². The normalized spacial score (nSPS) is 18.7. The number of ether oxygens (including phenoxy) is 1. The molecule has 1 saturated heterocycles. The maximum Gasteiger partial charge on any atom is 0.416 e. The van der Waals surface area contributed by atoms with Crippen LogP contribution >= 0.6 is 0 Å². The number of nitrogens with zero attached hydrogens (tertiary/aromatic N) is 1. The number of benzene rings is 2. The lowest BCUT2D eigenvalue weighted by molar-refractivity contribution is -0.137. The Hall–Kier alpha value is -2.38. The van der Waals surface area contributed by atoms with E-state index in [2.05, 4.69) is 4.90 Å². The Bertz CT molecular complexity index is 774. The van der Waals surface area contributed by atoms with Crippen molar-refractivity contribution >= 4 is 5.97 Å². The molecule has 1 aliphatic rings. The molecule has 138 valence electrons. The average molecular weight is 365 g/mol. The number of halogens is 3. The topological polar surface area (TPSA) is 49.8 Å². The Labute approximate surface area is 148 Å². The zero-order chi connectivity index (χ0) is 18.7. The molecule has 1 atom stereocenters. The summed E-state index contributed by atoms with van der Waals surface area (Å²) in [7, 11) is 0. The van der Waals surface area contributed by atoms with Crippen LogP contribution in [0.1, 0.15) is 33.2 Å². The van der Waals surface area contributed by atoms with Gasteiger partial charge in [-0.3, -0.25) is 4.90 Å². The SMILES string of the molecule is O=C(O)c1cccc(CN2CCOC(c3ccc(C(F)(F)F)cc3)C2)c1. The van der Waals surface area contributed by atoms with Crippen LogP contribution in [-0.4, -0.2) is 35.7 Å². The summed E-state index contributed by atoms with van der Waals surface area (Å²) in [6, 6.07) is 11.7. The van der Waals surface area contributed by atoms with Crippen LogP contribution in [0.25, 0.3) is 0 Å². The second kappa shape index (κ2) is 7.47. The van der Waals surface area contributed by atoms with E-state index in [0.717, 1.165) is 17.7 Å². The minimum atomic E-state index is -4.35. The first-order chi connectivity index (χ1) is 12.3. The third-order valence-electron chi connectivity index (χ3n) is 4.34. The van der Waals surface area contributed by atoms with E-state index in [9.17, 15) is 18.0 Å². The van der Waals surface area contributed by atoms with Crippen molar-refractivity contribution in [2.45, 2.75) is 18.8 Å². The first-order valence-corrected chi connectivity index (χ1v) is 8.16. The molecule has 0 aliphatic carbocycles. The molecule has 0 amide bonds. The fourth-order valence-corrected chi connectivity index (χ4v) is 3.00. The van der Waals surface area contributed by atoms with E-state index in [1.807, 2.05) is 6.07 Å². The van der Waals surface area contributed by atoms with Crippen LogP contribution in [0.5, 0.6) is 0 Å². The molecule has 26 heavy (non-hydrogen) atoms. The molecule has 0 saturated carbocycles. The van der Waals surface area contributed by atoms with Gasteiger partial charge in [0, 0.05) is 19.6 Å². The molecule has 0 spiro atoms. The Balaban J connectivity index is 1.67. The van der Waals surface area contributed by atoms with Gasteiger partial charge in [0.05, 0.1) is 23.8 Å². The number of carbonyl (C=O) groups is 1. The quantitative estimate of drug-likeness (QED) is 0.891. The maximum atomic E-state index is 12.7. The van der Waals surface area contributed by atoms with E-state index < -0.39 is 17.7 Å². The van der Waals surface area contributed by atoms with Crippen LogP contribution in [0, 0.1) is 0 Å². The van der Waals surface area contributed by atoms with Crippen LogP contribution in [-0.2, 0) is 17.5 Å². The lowest BCUT2D eigenvalue weighted by atomic mass is 10.0. The first-order valence-electron chi connectivity index (χ1n) is 8.16.